The van der Waals surface area contributed by atoms with Crippen LogP contribution in [0.25, 0.3) is 0 Å². The summed E-state index contributed by atoms with van der Waals surface area (Å²) >= 11 is 11.5. The molecule has 0 bridgehead atoms. The van der Waals surface area contributed by atoms with Crippen molar-refractivity contribution in [2.75, 3.05) is 6.61 Å². The number of halogens is 2. The van der Waals surface area contributed by atoms with Crippen LogP contribution in [0, 0.1) is 5.92 Å². The summed E-state index contributed by atoms with van der Waals surface area (Å²) in [6.45, 7) is 0.0688. The maximum Gasteiger partial charge on any atom is 0.251 e. The Morgan fingerprint density at radius 3 is 2.56 bits per heavy atom. The van der Waals surface area contributed by atoms with Crippen LogP contribution in [0.3, 0.4) is 0 Å². The van der Waals surface area contributed by atoms with Crippen molar-refractivity contribution in [2.24, 2.45) is 5.92 Å². The van der Waals surface area contributed by atoms with Gasteiger partial charge in [0, 0.05) is 18.2 Å². The molecule has 0 saturated heterocycles. The lowest BCUT2D eigenvalue weighted by Crippen LogP contribution is -2.37. The number of pyridine rings is 1. The summed E-state index contributed by atoms with van der Waals surface area (Å²) in [5, 5.41) is 12.3. The maximum atomic E-state index is 12.0. The fourth-order valence-corrected chi connectivity index (χ4v) is 2.37. The third-order valence-electron chi connectivity index (χ3n) is 2.97. The molecule has 0 aromatic carbocycles. The Kier molecular flexibility index (Phi) is 4.43. The molecule has 1 aliphatic rings. The standard InChI is InChI=1S/C12H14Cl2N2O2/c13-10-5-8(6-11(14)16-10)12(18)15-9(3-4-17)7-1-2-7/h5-7,9,17H,1-4H2,(H,15,18). The van der Waals surface area contributed by atoms with Crippen LogP contribution in [0.2, 0.25) is 10.3 Å². The highest BCUT2D eigenvalue weighted by Crippen LogP contribution is 2.34. The molecule has 2 N–H and O–H groups in total. The van der Waals surface area contributed by atoms with Gasteiger partial charge in [0.25, 0.3) is 5.91 Å². The summed E-state index contributed by atoms with van der Waals surface area (Å²) in [5.41, 5.74) is 0.392. The average Bonchev–Trinajstić information content (AvgIpc) is 3.10. The Labute approximate surface area is 115 Å². The van der Waals surface area contributed by atoms with E-state index in [4.69, 9.17) is 28.3 Å². The zero-order chi connectivity index (χ0) is 13.1. The molecule has 1 aliphatic carbocycles. The number of aliphatic hydroxyl groups excluding tert-OH is 1. The smallest absolute Gasteiger partial charge is 0.251 e. The average molecular weight is 289 g/mol. The van der Waals surface area contributed by atoms with Gasteiger partial charge in [-0.15, -0.1) is 0 Å². The van der Waals surface area contributed by atoms with Crippen LogP contribution in [0.15, 0.2) is 12.1 Å². The molecule has 0 spiro atoms. The molecule has 1 unspecified atom stereocenters. The lowest BCUT2D eigenvalue weighted by Gasteiger charge is -2.17. The summed E-state index contributed by atoms with van der Waals surface area (Å²) in [6.07, 6.45) is 2.77. The number of carbonyl (C=O) groups excluding carboxylic acids is 1. The fourth-order valence-electron chi connectivity index (χ4n) is 1.91. The molecule has 1 aromatic rings. The van der Waals surface area contributed by atoms with Crippen molar-refractivity contribution in [3.8, 4) is 0 Å². The third kappa shape index (κ3) is 3.57. The first-order chi connectivity index (χ1) is 8.60. The van der Waals surface area contributed by atoms with Crippen LogP contribution in [-0.2, 0) is 0 Å². The lowest BCUT2D eigenvalue weighted by atomic mass is 10.1. The number of nitrogens with zero attached hydrogens (tertiary/aromatic N) is 1. The zero-order valence-corrected chi connectivity index (χ0v) is 11.2. The second-order valence-electron chi connectivity index (χ2n) is 4.43. The van der Waals surface area contributed by atoms with Gasteiger partial charge in [0.15, 0.2) is 0 Å². The first-order valence-electron chi connectivity index (χ1n) is 5.85. The van der Waals surface area contributed by atoms with Gasteiger partial charge < -0.3 is 10.4 Å². The van der Waals surface area contributed by atoms with Gasteiger partial charge in [0.1, 0.15) is 10.3 Å². The highest BCUT2D eigenvalue weighted by molar-refractivity contribution is 6.33. The monoisotopic (exact) mass is 288 g/mol. The number of nitrogens with one attached hydrogen (secondary N) is 1. The van der Waals surface area contributed by atoms with Gasteiger partial charge in [-0.2, -0.15) is 0 Å². The van der Waals surface area contributed by atoms with E-state index in [1.165, 1.54) is 12.1 Å². The Morgan fingerprint density at radius 2 is 2.06 bits per heavy atom. The first kappa shape index (κ1) is 13.6. The van der Waals surface area contributed by atoms with E-state index in [9.17, 15) is 4.79 Å². The third-order valence-corrected chi connectivity index (χ3v) is 3.36. The van der Waals surface area contributed by atoms with E-state index < -0.39 is 0 Å². The largest absolute Gasteiger partial charge is 0.396 e. The number of hydrogen-bond donors (Lipinski definition) is 2. The normalized spacial score (nSPS) is 16.4. The molecule has 1 amide bonds. The predicted octanol–water partition coefficient (Wildman–Crippen LogP) is 2.28. The summed E-state index contributed by atoms with van der Waals surface area (Å²) in [7, 11) is 0. The molecule has 0 radical (unpaired) electrons. The van der Waals surface area contributed by atoms with Crippen LogP contribution < -0.4 is 5.32 Å². The molecule has 6 heteroatoms. The van der Waals surface area contributed by atoms with Crippen LogP contribution in [-0.4, -0.2) is 28.6 Å². The van der Waals surface area contributed by atoms with Crippen molar-refractivity contribution in [1.29, 1.82) is 0 Å². The van der Waals surface area contributed by atoms with E-state index in [0.717, 1.165) is 12.8 Å². The van der Waals surface area contributed by atoms with Crippen molar-refractivity contribution in [2.45, 2.75) is 25.3 Å². The van der Waals surface area contributed by atoms with Crippen LogP contribution in [0.1, 0.15) is 29.6 Å². The molecule has 2 rings (SSSR count). The first-order valence-corrected chi connectivity index (χ1v) is 6.60. The van der Waals surface area contributed by atoms with E-state index in [2.05, 4.69) is 10.3 Å². The van der Waals surface area contributed by atoms with Gasteiger partial charge >= 0.3 is 0 Å². The summed E-state index contributed by atoms with van der Waals surface area (Å²) < 4.78 is 0. The van der Waals surface area contributed by atoms with Crippen LogP contribution >= 0.6 is 23.2 Å². The Morgan fingerprint density at radius 1 is 1.44 bits per heavy atom. The second kappa shape index (κ2) is 5.87. The van der Waals surface area contributed by atoms with E-state index >= 15 is 0 Å². The van der Waals surface area contributed by atoms with Gasteiger partial charge in [-0.05, 0) is 37.3 Å². The van der Waals surface area contributed by atoms with E-state index in [1.807, 2.05) is 0 Å². The van der Waals surface area contributed by atoms with Gasteiger partial charge in [0.05, 0.1) is 0 Å². The van der Waals surface area contributed by atoms with E-state index in [-0.39, 0.29) is 28.9 Å². The molecule has 1 fully saturated rings. The van der Waals surface area contributed by atoms with Gasteiger partial charge in [-0.1, -0.05) is 23.2 Å². The van der Waals surface area contributed by atoms with Crippen LogP contribution in [0.4, 0.5) is 0 Å². The lowest BCUT2D eigenvalue weighted by molar-refractivity contribution is 0.0924. The molecule has 18 heavy (non-hydrogen) atoms. The highest BCUT2D eigenvalue weighted by Gasteiger charge is 2.32. The second-order valence-corrected chi connectivity index (χ2v) is 5.21. The summed E-state index contributed by atoms with van der Waals surface area (Å²) in [4.78, 5) is 15.8. The minimum absolute atomic E-state index is 0.0215. The van der Waals surface area contributed by atoms with Crippen molar-refractivity contribution in [1.82, 2.24) is 10.3 Å². The molecule has 1 atom stereocenters. The number of rotatable bonds is 5. The zero-order valence-electron chi connectivity index (χ0n) is 9.70. The number of aromatic nitrogens is 1. The molecule has 4 nitrogen and oxygen atoms in total. The SMILES string of the molecule is O=C(NC(CCO)C1CC1)c1cc(Cl)nc(Cl)c1. The van der Waals surface area contributed by atoms with E-state index in [1.54, 1.807) is 0 Å². The maximum absolute atomic E-state index is 12.0. The van der Waals surface area contributed by atoms with Crippen LogP contribution in [0.5, 0.6) is 0 Å². The number of amides is 1. The number of carbonyl (C=O) groups is 1. The van der Waals surface area contributed by atoms with Gasteiger partial charge in [-0.25, -0.2) is 4.98 Å². The highest BCUT2D eigenvalue weighted by atomic mass is 35.5. The molecule has 1 aromatic heterocycles. The van der Waals surface area contributed by atoms with Crippen molar-refractivity contribution in [3.63, 3.8) is 0 Å². The Bertz CT molecular complexity index is 429. The van der Waals surface area contributed by atoms with E-state index in [0.29, 0.717) is 17.9 Å². The molecule has 1 heterocycles. The Hall–Kier alpha value is -0.840. The minimum atomic E-state index is -0.230. The predicted molar refractivity (Wildman–Crippen MR) is 69.9 cm³/mol. The molecular formula is C12H14Cl2N2O2. The van der Waals surface area contributed by atoms with Crippen molar-refractivity contribution < 1.29 is 9.90 Å². The minimum Gasteiger partial charge on any atom is -0.396 e. The Balaban J connectivity index is 2.05. The van der Waals surface area contributed by atoms with Gasteiger partial charge in [0.2, 0.25) is 0 Å². The van der Waals surface area contributed by atoms with Gasteiger partial charge in [-0.3, -0.25) is 4.79 Å². The summed E-state index contributed by atoms with van der Waals surface area (Å²) in [6, 6.07) is 2.98. The van der Waals surface area contributed by atoms with Crippen molar-refractivity contribution in [3.05, 3.63) is 28.0 Å². The summed E-state index contributed by atoms with van der Waals surface area (Å²) in [5.74, 6) is 0.250. The molecular weight excluding hydrogens is 275 g/mol. The fraction of sp³-hybridized carbons (Fsp3) is 0.500. The topological polar surface area (TPSA) is 62.2 Å². The van der Waals surface area contributed by atoms with Crippen molar-refractivity contribution >= 4 is 29.1 Å². The molecule has 98 valence electrons. The molecule has 0 aliphatic heterocycles. The molecule has 1 saturated carbocycles. The quantitative estimate of drug-likeness (QED) is 0.817. The number of aliphatic hydroxyl groups is 1. The number of hydrogen-bond acceptors (Lipinski definition) is 3.